The molecule has 5 atom stereocenters. The molecule has 0 bridgehead atoms. The molecule has 0 unspecified atom stereocenters. The number of carbonyl (C=O) groups excluding carboxylic acids is 1. The molecule has 1 aliphatic carbocycles. The fourth-order valence-corrected chi connectivity index (χ4v) is 4.08. The van der Waals surface area contributed by atoms with Crippen molar-refractivity contribution in [3.63, 3.8) is 0 Å². The van der Waals surface area contributed by atoms with E-state index in [9.17, 15) is 20.1 Å². The Morgan fingerprint density at radius 3 is 2.61 bits per heavy atom. The molecule has 172 valence electrons. The highest BCUT2D eigenvalue weighted by Gasteiger charge is 2.39. The van der Waals surface area contributed by atoms with E-state index in [2.05, 4.69) is 0 Å². The van der Waals surface area contributed by atoms with Gasteiger partial charge in [0.25, 0.3) is 0 Å². The number of unbranched alkanes of at least 4 members (excludes halogenated alkanes) is 1. The van der Waals surface area contributed by atoms with Gasteiger partial charge in [-0.15, -0.1) is 0 Å². The van der Waals surface area contributed by atoms with E-state index in [0.717, 1.165) is 19.3 Å². The highest BCUT2D eigenvalue weighted by molar-refractivity contribution is 5.69. The molecule has 31 heavy (non-hydrogen) atoms. The molecule has 1 aromatic carbocycles. The Balaban J connectivity index is 1.77. The van der Waals surface area contributed by atoms with E-state index in [0.29, 0.717) is 25.7 Å². The van der Waals surface area contributed by atoms with Crippen LogP contribution in [0.25, 0.3) is 0 Å². The van der Waals surface area contributed by atoms with Crippen LogP contribution in [0.15, 0.2) is 54.6 Å². The zero-order valence-electron chi connectivity index (χ0n) is 18.8. The van der Waals surface area contributed by atoms with Gasteiger partial charge in [0.15, 0.2) is 0 Å². The molecular formula is C26H38O5. The van der Waals surface area contributed by atoms with Crippen molar-refractivity contribution in [3.05, 3.63) is 60.2 Å². The maximum absolute atomic E-state index is 11.5. The number of aliphatic hydroxyl groups excluding tert-OH is 3. The van der Waals surface area contributed by atoms with Crippen LogP contribution in [0.2, 0.25) is 0 Å². The maximum atomic E-state index is 11.5. The molecule has 2 rings (SSSR count). The molecule has 0 spiro atoms. The monoisotopic (exact) mass is 430 g/mol. The molecule has 1 aliphatic rings. The summed E-state index contributed by atoms with van der Waals surface area (Å²) in [5.41, 5.74) is 1.19. The Hall–Kier alpha value is -1.95. The van der Waals surface area contributed by atoms with Crippen molar-refractivity contribution in [3.8, 4) is 0 Å². The van der Waals surface area contributed by atoms with Gasteiger partial charge in [-0.2, -0.15) is 0 Å². The van der Waals surface area contributed by atoms with Crippen molar-refractivity contribution in [1.29, 1.82) is 0 Å². The predicted molar refractivity (Wildman–Crippen MR) is 122 cm³/mol. The Labute approximate surface area is 186 Å². The first-order valence-electron chi connectivity index (χ1n) is 11.5. The van der Waals surface area contributed by atoms with Crippen LogP contribution in [-0.2, 0) is 16.0 Å². The number of hydrogen-bond donors (Lipinski definition) is 3. The number of aryl methyl sites for hydroxylation is 1. The predicted octanol–water partition coefficient (Wildman–Crippen LogP) is 3.96. The SMILES string of the molecule is CC(C)OC(=O)CCC/C=C/C[C@@H]1[C@@H](/C=C/[C@@H](O)CCc2ccccc2)[C@H](O)C[C@@H]1O. The smallest absolute Gasteiger partial charge is 0.306 e. The summed E-state index contributed by atoms with van der Waals surface area (Å²) >= 11 is 0. The van der Waals surface area contributed by atoms with E-state index in [1.165, 1.54) is 5.56 Å². The average Bonchev–Trinajstić information content (AvgIpc) is 3.00. The molecule has 0 amide bonds. The lowest BCUT2D eigenvalue weighted by molar-refractivity contribution is -0.147. The summed E-state index contributed by atoms with van der Waals surface area (Å²) in [6.45, 7) is 3.68. The third-order valence-corrected chi connectivity index (χ3v) is 5.74. The van der Waals surface area contributed by atoms with Crippen molar-refractivity contribution in [2.24, 2.45) is 11.8 Å². The lowest BCUT2D eigenvalue weighted by atomic mass is 9.89. The number of ether oxygens (including phenoxy) is 1. The molecule has 5 nitrogen and oxygen atoms in total. The molecule has 0 radical (unpaired) electrons. The van der Waals surface area contributed by atoms with E-state index in [-0.39, 0.29) is 23.9 Å². The van der Waals surface area contributed by atoms with Gasteiger partial charge in [-0.3, -0.25) is 4.79 Å². The fourth-order valence-electron chi connectivity index (χ4n) is 4.08. The Bertz CT molecular complexity index is 697. The van der Waals surface area contributed by atoms with Crippen LogP contribution >= 0.6 is 0 Å². The number of carbonyl (C=O) groups is 1. The van der Waals surface area contributed by atoms with Gasteiger partial charge >= 0.3 is 5.97 Å². The van der Waals surface area contributed by atoms with Gasteiger partial charge < -0.3 is 20.1 Å². The zero-order valence-corrected chi connectivity index (χ0v) is 18.8. The Kier molecular flexibility index (Phi) is 11.0. The molecule has 0 heterocycles. The van der Waals surface area contributed by atoms with E-state index in [1.807, 2.05) is 62.4 Å². The number of benzene rings is 1. The quantitative estimate of drug-likeness (QED) is 0.265. The van der Waals surface area contributed by atoms with E-state index >= 15 is 0 Å². The highest BCUT2D eigenvalue weighted by Crippen LogP contribution is 2.36. The van der Waals surface area contributed by atoms with Gasteiger partial charge in [-0.1, -0.05) is 54.6 Å². The van der Waals surface area contributed by atoms with Crippen molar-refractivity contribution in [2.75, 3.05) is 0 Å². The maximum Gasteiger partial charge on any atom is 0.306 e. The molecule has 3 N–H and O–H groups in total. The van der Waals surface area contributed by atoms with Gasteiger partial charge in [0.2, 0.25) is 0 Å². The first-order valence-corrected chi connectivity index (χ1v) is 11.5. The lowest BCUT2D eigenvalue weighted by Crippen LogP contribution is -2.20. The number of hydrogen-bond acceptors (Lipinski definition) is 5. The standard InChI is InChI=1S/C26H38O5/c1-19(2)31-26(30)13-9-4-3-8-12-22-23(25(29)18-24(22)28)17-16-21(27)15-14-20-10-6-5-7-11-20/h3,5-8,10-11,16-17,19,21-25,27-29H,4,9,12-15,18H2,1-2H3/b8-3+,17-16+/t21-,22+,23+,24-,25+/m0/s1. The van der Waals surface area contributed by atoms with Crippen LogP contribution in [0.5, 0.6) is 0 Å². The molecule has 0 saturated heterocycles. The minimum atomic E-state index is -0.600. The van der Waals surface area contributed by atoms with Crippen molar-refractivity contribution < 1.29 is 24.9 Å². The minimum absolute atomic E-state index is 0.0743. The van der Waals surface area contributed by atoms with Crippen LogP contribution in [0.4, 0.5) is 0 Å². The van der Waals surface area contributed by atoms with Gasteiger partial charge in [0.05, 0.1) is 24.4 Å². The first kappa shape index (κ1) is 25.3. The second-order valence-corrected chi connectivity index (χ2v) is 8.73. The molecule has 0 aliphatic heterocycles. The summed E-state index contributed by atoms with van der Waals surface area (Å²) in [4.78, 5) is 11.5. The third-order valence-electron chi connectivity index (χ3n) is 5.74. The average molecular weight is 431 g/mol. The number of rotatable bonds is 12. The first-order chi connectivity index (χ1) is 14.9. The summed E-state index contributed by atoms with van der Waals surface area (Å²) in [5, 5.41) is 31.0. The highest BCUT2D eigenvalue weighted by atomic mass is 16.5. The zero-order chi connectivity index (χ0) is 22.6. The van der Waals surface area contributed by atoms with Gasteiger partial charge in [-0.25, -0.2) is 0 Å². The molecule has 0 aromatic heterocycles. The second-order valence-electron chi connectivity index (χ2n) is 8.73. The van der Waals surface area contributed by atoms with Crippen molar-refractivity contribution >= 4 is 5.97 Å². The van der Waals surface area contributed by atoms with Crippen LogP contribution in [-0.4, -0.2) is 45.7 Å². The largest absolute Gasteiger partial charge is 0.463 e. The Morgan fingerprint density at radius 1 is 1.16 bits per heavy atom. The van der Waals surface area contributed by atoms with Gasteiger partial charge in [0, 0.05) is 18.8 Å². The lowest BCUT2D eigenvalue weighted by Gasteiger charge is -2.19. The van der Waals surface area contributed by atoms with Crippen LogP contribution < -0.4 is 0 Å². The third kappa shape index (κ3) is 9.38. The summed E-state index contributed by atoms with van der Waals surface area (Å²) in [7, 11) is 0. The number of allylic oxidation sites excluding steroid dienone is 2. The molecule has 1 aromatic rings. The summed E-state index contributed by atoms with van der Waals surface area (Å²) < 4.78 is 5.11. The number of aliphatic hydroxyl groups is 3. The summed E-state index contributed by atoms with van der Waals surface area (Å²) in [6.07, 6.45) is 10.2. The van der Waals surface area contributed by atoms with E-state index in [4.69, 9.17) is 4.74 Å². The van der Waals surface area contributed by atoms with E-state index in [1.54, 1.807) is 6.08 Å². The van der Waals surface area contributed by atoms with Crippen molar-refractivity contribution in [2.45, 2.75) is 83.2 Å². The molecular weight excluding hydrogens is 392 g/mol. The number of esters is 1. The minimum Gasteiger partial charge on any atom is -0.463 e. The second kappa shape index (κ2) is 13.5. The van der Waals surface area contributed by atoms with Gasteiger partial charge in [0.1, 0.15) is 0 Å². The summed E-state index contributed by atoms with van der Waals surface area (Å²) in [5.74, 6) is -0.421. The van der Waals surface area contributed by atoms with E-state index < -0.39 is 18.3 Å². The van der Waals surface area contributed by atoms with Gasteiger partial charge in [-0.05, 0) is 57.4 Å². The van der Waals surface area contributed by atoms with Crippen LogP contribution in [0.1, 0.15) is 57.9 Å². The van der Waals surface area contributed by atoms with Crippen LogP contribution in [0, 0.1) is 11.8 Å². The molecule has 1 fully saturated rings. The van der Waals surface area contributed by atoms with Crippen molar-refractivity contribution in [1.82, 2.24) is 0 Å². The Morgan fingerprint density at radius 2 is 1.90 bits per heavy atom. The normalized spacial score (nSPS) is 25.0. The topological polar surface area (TPSA) is 87.0 Å². The summed E-state index contributed by atoms with van der Waals surface area (Å²) in [6, 6.07) is 10.0. The molecule has 5 heteroatoms. The van der Waals surface area contributed by atoms with Crippen LogP contribution in [0.3, 0.4) is 0 Å². The molecule has 1 saturated carbocycles. The fraction of sp³-hybridized carbons (Fsp3) is 0.577.